The fraction of sp³-hybridized carbons (Fsp3) is 0.333. The molecule has 0 spiro atoms. The molecule has 1 fully saturated rings. The Morgan fingerprint density at radius 3 is 1.93 bits per heavy atom. The molecule has 0 saturated carbocycles. The Balaban J connectivity index is 1.66. The van der Waals surface area contributed by atoms with E-state index in [0.717, 1.165) is 12.8 Å². The van der Waals surface area contributed by atoms with Crippen molar-refractivity contribution in [1.82, 2.24) is 4.31 Å². The third-order valence-corrected chi connectivity index (χ3v) is 6.87. The van der Waals surface area contributed by atoms with Gasteiger partial charge in [0, 0.05) is 37.0 Å². The maximum absolute atomic E-state index is 12.8. The van der Waals surface area contributed by atoms with E-state index in [1.165, 1.54) is 35.5 Å². The SMILES string of the molecule is CC(=O)Nc1ccc(NC(=O)c2ccc(S(=O)(=O)N3CCC(C)CC3)cc2)cc1. The molecule has 0 unspecified atom stereocenters. The summed E-state index contributed by atoms with van der Waals surface area (Å²) in [5.41, 5.74) is 1.57. The minimum Gasteiger partial charge on any atom is -0.326 e. The smallest absolute Gasteiger partial charge is 0.255 e. The van der Waals surface area contributed by atoms with Crippen LogP contribution in [0.1, 0.15) is 37.0 Å². The number of amides is 2. The molecule has 8 heteroatoms. The van der Waals surface area contributed by atoms with Crippen LogP contribution in [0.5, 0.6) is 0 Å². The third kappa shape index (κ3) is 5.21. The first kappa shape index (κ1) is 21.0. The number of rotatable bonds is 5. The molecule has 2 N–H and O–H groups in total. The summed E-state index contributed by atoms with van der Waals surface area (Å²) in [5, 5.41) is 5.41. The van der Waals surface area contributed by atoms with Crippen LogP contribution in [0.25, 0.3) is 0 Å². The molecule has 7 nitrogen and oxygen atoms in total. The van der Waals surface area contributed by atoms with E-state index < -0.39 is 10.0 Å². The Bertz CT molecular complexity index is 978. The predicted octanol–water partition coefficient (Wildman–Crippen LogP) is 3.32. The lowest BCUT2D eigenvalue weighted by Crippen LogP contribution is -2.37. The van der Waals surface area contributed by atoms with Gasteiger partial charge in [-0.25, -0.2) is 8.42 Å². The lowest BCUT2D eigenvalue weighted by Gasteiger charge is -2.29. The van der Waals surface area contributed by atoms with Crippen LogP contribution in [0.4, 0.5) is 11.4 Å². The van der Waals surface area contributed by atoms with E-state index in [0.29, 0.717) is 35.9 Å². The van der Waals surface area contributed by atoms with Crippen molar-refractivity contribution in [2.45, 2.75) is 31.6 Å². The topological polar surface area (TPSA) is 95.6 Å². The summed E-state index contributed by atoms with van der Waals surface area (Å²) in [6.45, 7) is 4.61. The molecule has 29 heavy (non-hydrogen) atoms. The Hall–Kier alpha value is -2.71. The van der Waals surface area contributed by atoms with Crippen molar-refractivity contribution in [3.05, 3.63) is 54.1 Å². The first-order valence-electron chi connectivity index (χ1n) is 9.55. The van der Waals surface area contributed by atoms with E-state index in [9.17, 15) is 18.0 Å². The molecule has 0 aromatic heterocycles. The van der Waals surface area contributed by atoms with Crippen LogP contribution < -0.4 is 10.6 Å². The Morgan fingerprint density at radius 2 is 1.41 bits per heavy atom. The number of hydrogen-bond acceptors (Lipinski definition) is 4. The van der Waals surface area contributed by atoms with E-state index in [-0.39, 0.29) is 16.7 Å². The van der Waals surface area contributed by atoms with Gasteiger partial charge in [-0.3, -0.25) is 9.59 Å². The summed E-state index contributed by atoms with van der Waals surface area (Å²) in [5.74, 6) is 0.0312. The van der Waals surface area contributed by atoms with Gasteiger partial charge >= 0.3 is 0 Å². The molecule has 0 aliphatic carbocycles. The quantitative estimate of drug-likeness (QED) is 0.783. The molecule has 0 atom stereocenters. The highest BCUT2D eigenvalue weighted by atomic mass is 32.2. The second-order valence-electron chi connectivity index (χ2n) is 7.32. The molecule has 1 aliphatic rings. The molecule has 1 aliphatic heterocycles. The minimum absolute atomic E-state index is 0.170. The number of sulfonamides is 1. The molecule has 3 rings (SSSR count). The largest absolute Gasteiger partial charge is 0.326 e. The summed E-state index contributed by atoms with van der Waals surface area (Å²) in [6.07, 6.45) is 1.72. The van der Waals surface area contributed by atoms with Crippen LogP contribution in [0.3, 0.4) is 0 Å². The van der Waals surface area contributed by atoms with Gasteiger partial charge < -0.3 is 10.6 Å². The summed E-state index contributed by atoms with van der Waals surface area (Å²) >= 11 is 0. The van der Waals surface area contributed by atoms with E-state index in [1.807, 2.05) is 0 Å². The number of benzene rings is 2. The standard InChI is InChI=1S/C21H25N3O4S/c1-15-11-13-24(14-12-15)29(27,28)20-9-3-17(4-10-20)21(26)23-19-7-5-18(6-8-19)22-16(2)25/h3-10,15H,11-14H2,1-2H3,(H,22,25)(H,23,26). The van der Waals surface area contributed by atoms with Crippen LogP contribution >= 0.6 is 0 Å². The minimum atomic E-state index is -3.53. The van der Waals surface area contributed by atoms with Crippen LogP contribution in [-0.2, 0) is 14.8 Å². The van der Waals surface area contributed by atoms with Crippen molar-refractivity contribution in [3.8, 4) is 0 Å². The van der Waals surface area contributed by atoms with Crippen molar-refractivity contribution >= 4 is 33.2 Å². The van der Waals surface area contributed by atoms with Gasteiger partial charge in [0.05, 0.1) is 4.90 Å². The van der Waals surface area contributed by atoms with Gasteiger partial charge in [-0.05, 0) is 67.3 Å². The number of carbonyl (C=O) groups excluding carboxylic acids is 2. The van der Waals surface area contributed by atoms with Crippen molar-refractivity contribution < 1.29 is 18.0 Å². The fourth-order valence-corrected chi connectivity index (χ4v) is 4.67. The lowest BCUT2D eigenvalue weighted by atomic mass is 10.0. The second-order valence-corrected chi connectivity index (χ2v) is 9.26. The van der Waals surface area contributed by atoms with E-state index in [1.54, 1.807) is 24.3 Å². The number of nitrogens with zero attached hydrogens (tertiary/aromatic N) is 1. The van der Waals surface area contributed by atoms with Crippen LogP contribution in [-0.4, -0.2) is 37.6 Å². The van der Waals surface area contributed by atoms with Gasteiger partial charge in [0.25, 0.3) is 5.91 Å². The Morgan fingerprint density at radius 1 is 0.897 bits per heavy atom. The molecule has 0 bridgehead atoms. The summed E-state index contributed by atoms with van der Waals surface area (Å²) < 4.78 is 27.1. The maximum atomic E-state index is 12.8. The van der Waals surface area contributed by atoms with Gasteiger partial charge in [-0.15, -0.1) is 0 Å². The summed E-state index contributed by atoms with van der Waals surface area (Å²) in [7, 11) is -3.53. The summed E-state index contributed by atoms with van der Waals surface area (Å²) in [4.78, 5) is 23.7. The number of carbonyl (C=O) groups is 2. The second kappa shape index (κ2) is 8.75. The highest BCUT2D eigenvalue weighted by molar-refractivity contribution is 7.89. The van der Waals surface area contributed by atoms with E-state index >= 15 is 0 Å². The molecular formula is C21H25N3O4S. The molecule has 2 amide bonds. The highest BCUT2D eigenvalue weighted by Gasteiger charge is 2.28. The van der Waals surface area contributed by atoms with Crippen molar-refractivity contribution in [3.63, 3.8) is 0 Å². The van der Waals surface area contributed by atoms with Crippen molar-refractivity contribution in [1.29, 1.82) is 0 Å². The first-order valence-corrected chi connectivity index (χ1v) is 11.0. The molecule has 2 aromatic rings. The van der Waals surface area contributed by atoms with Gasteiger partial charge in [0.2, 0.25) is 15.9 Å². The lowest BCUT2D eigenvalue weighted by molar-refractivity contribution is -0.114. The number of nitrogens with one attached hydrogen (secondary N) is 2. The number of piperidine rings is 1. The molecular weight excluding hydrogens is 390 g/mol. The zero-order chi connectivity index (χ0) is 21.0. The van der Waals surface area contributed by atoms with Gasteiger partial charge in [-0.2, -0.15) is 4.31 Å². The zero-order valence-electron chi connectivity index (χ0n) is 16.5. The van der Waals surface area contributed by atoms with Crippen LogP contribution in [0.15, 0.2) is 53.4 Å². The van der Waals surface area contributed by atoms with Crippen LogP contribution in [0.2, 0.25) is 0 Å². The average Bonchev–Trinajstić information content (AvgIpc) is 2.69. The Kier molecular flexibility index (Phi) is 6.34. The van der Waals surface area contributed by atoms with Gasteiger partial charge in [-0.1, -0.05) is 6.92 Å². The normalized spacial score (nSPS) is 15.7. The van der Waals surface area contributed by atoms with Crippen LogP contribution in [0, 0.1) is 5.92 Å². The number of hydrogen-bond donors (Lipinski definition) is 2. The molecule has 0 radical (unpaired) electrons. The predicted molar refractivity (Wildman–Crippen MR) is 112 cm³/mol. The zero-order valence-corrected chi connectivity index (χ0v) is 17.3. The van der Waals surface area contributed by atoms with Crippen molar-refractivity contribution in [2.24, 2.45) is 5.92 Å². The summed E-state index contributed by atoms with van der Waals surface area (Å²) in [6, 6.07) is 12.7. The van der Waals surface area contributed by atoms with E-state index in [4.69, 9.17) is 0 Å². The number of anilines is 2. The first-order chi connectivity index (χ1) is 13.8. The van der Waals surface area contributed by atoms with Crippen molar-refractivity contribution in [2.75, 3.05) is 23.7 Å². The molecule has 154 valence electrons. The van der Waals surface area contributed by atoms with Gasteiger partial charge in [0.1, 0.15) is 0 Å². The third-order valence-electron chi connectivity index (χ3n) is 4.96. The highest BCUT2D eigenvalue weighted by Crippen LogP contribution is 2.24. The Labute approximate surface area is 171 Å². The maximum Gasteiger partial charge on any atom is 0.255 e. The van der Waals surface area contributed by atoms with Gasteiger partial charge in [0.15, 0.2) is 0 Å². The molecule has 2 aromatic carbocycles. The monoisotopic (exact) mass is 415 g/mol. The van der Waals surface area contributed by atoms with E-state index in [2.05, 4.69) is 17.6 Å². The molecule has 1 heterocycles. The fourth-order valence-electron chi connectivity index (χ4n) is 3.20. The average molecular weight is 416 g/mol. The molecule has 1 saturated heterocycles.